The molecule has 21 heavy (non-hydrogen) atoms. The average Bonchev–Trinajstić information content (AvgIpc) is 2.50. The van der Waals surface area contributed by atoms with Crippen LogP contribution < -0.4 is 0 Å². The highest BCUT2D eigenvalue weighted by Crippen LogP contribution is 2.18. The van der Waals surface area contributed by atoms with Gasteiger partial charge >= 0.3 is 5.97 Å². The Morgan fingerprint density at radius 1 is 1.19 bits per heavy atom. The molecule has 0 bridgehead atoms. The molecule has 2 heteroatoms. The molecule has 0 saturated carbocycles. The largest absolute Gasteiger partial charge is 0.462 e. The van der Waals surface area contributed by atoms with Gasteiger partial charge in [-0.2, -0.15) is 0 Å². The molecule has 0 aliphatic carbocycles. The lowest BCUT2D eigenvalue weighted by molar-refractivity contribution is -0.139. The fraction of sp³-hybridized carbons (Fsp3) is 0.526. The predicted octanol–water partition coefficient (Wildman–Crippen LogP) is 5.10. The van der Waals surface area contributed by atoms with Crippen LogP contribution in [0.2, 0.25) is 0 Å². The molecule has 2 atom stereocenters. The van der Waals surface area contributed by atoms with E-state index in [1.165, 1.54) is 25.3 Å². The smallest absolute Gasteiger partial charge is 0.330 e. The highest BCUT2D eigenvalue weighted by Gasteiger charge is 2.10. The molecule has 2 nitrogen and oxygen atoms in total. The number of esters is 1. The Labute approximate surface area is 129 Å². The van der Waals surface area contributed by atoms with Crippen molar-refractivity contribution >= 4 is 12.0 Å². The highest BCUT2D eigenvalue weighted by molar-refractivity contribution is 5.87. The SMILES string of the molecule is CCCCC(C)CC(C)COC(=O)C=Cc1ccccc1. The number of ether oxygens (including phenoxy) is 1. The van der Waals surface area contributed by atoms with Gasteiger partial charge in [0.05, 0.1) is 6.61 Å². The summed E-state index contributed by atoms with van der Waals surface area (Å²) in [5.74, 6) is 0.872. The number of carbonyl (C=O) groups excluding carboxylic acids is 1. The van der Waals surface area contributed by atoms with E-state index in [1.54, 1.807) is 6.08 Å². The zero-order chi connectivity index (χ0) is 15.5. The molecule has 0 saturated heterocycles. The average molecular weight is 288 g/mol. The summed E-state index contributed by atoms with van der Waals surface area (Å²) in [5.41, 5.74) is 1.01. The Morgan fingerprint density at radius 2 is 1.90 bits per heavy atom. The van der Waals surface area contributed by atoms with Gasteiger partial charge in [-0.05, 0) is 29.9 Å². The van der Waals surface area contributed by atoms with Crippen LogP contribution >= 0.6 is 0 Å². The Balaban J connectivity index is 2.24. The molecule has 0 N–H and O–H groups in total. The molecule has 0 spiro atoms. The highest BCUT2D eigenvalue weighted by atomic mass is 16.5. The molecule has 0 aromatic heterocycles. The first-order chi connectivity index (χ1) is 10.1. The van der Waals surface area contributed by atoms with E-state index in [2.05, 4.69) is 20.8 Å². The second-order valence-corrected chi connectivity index (χ2v) is 5.96. The third-order valence-electron chi connectivity index (χ3n) is 3.58. The normalized spacial score (nSPS) is 14.0. The van der Waals surface area contributed by atoms with Crippen molar-refractivity contribution in [3.05, 3.63) is 42.0 Å². The number of carbonyl (C=O) groups is 1. The van der Waals surface area contributed by atoms with Gasteiger partial charge in [-0.1, -0.05) is 70.4 Å². The van der Waals surface area contributed by atoms with Crippen LogP contribution in [-0.4, -0.2) is 12.6 Å². The lowest BCUT2D eigenvalue weighted by atomic mass is 9.93. The van der Waals surface area contributed by atoms with Crippen molar-refractivity contribution in [1.29, 1.82) is 0 Å². The van der Waals surface area contributed by atoms with Crippen molar-refractivity contribution in [1.82, 2.24) is 0 Å². The summed E-state index contributed by atoms with van der Waals surface area (Å²) in [4.78, 5) is 11.7. The van der Waals surface area contributed by atoms with Gasteiger partial charge in [0.25, 0.3) is 0 Å². The monoisotopic (exact) mass is 288 g/mol. The van der Waals surface area contributed by atoms with Crippen molar-refractivity contribution in [2.45, 2.75) is 46.5 Å². The first-order valence-electron chi connectivity index (χ1n) is 8.01. The number of rotatable bonds is 9. The molecule has 116 valence electrons. The Hall–Kier alpha value is -1.57. The summed E-state index contributed by atoms with van der Waals surface area (Å²) in [7, 11) is 0. The van der Waals surface area contributed by atoms with E-state index in [-0.39, 0.29) is 5.97 Å². The van der Waals surface area contributed by atoms with E-state index < -0.39 is 0 Å². The van der Waals surface area contributed by atoms with Crippen molar-refractivity contribution < 1.29 is 9.53 Å². The first kappa shape index (κ1) is 17.5. The van der Waals surface area contributed by atoms with E-state index in [0.717, 1.165) is 12.0 Å². The molecule has 0 radical (unpaired) electrons. The minimum Gasteiger partial charge on any atom is -0.462 e. The summed E-state index contributed by atoms with van der Waals surface area (Å²) in [6.45, 7) is 7.16. The van der Waals surface area contributed by atoms with Crippen molar-refractivity contribution in [2.24, 2.45) is 11.8 Å². The van der Waals surface area contributed by atoms with E-state index in [9.17, 15) is 4.79 Å². The van der Waals surface area contributed by atoms with Gasteiger partial charge < -0.3 is 4.74 Å². The second kappa shape index (κ2) is 10.2. The minimum absolute atomic E-state index is 0.257. The van der Waals surface area contributed by atoms with Crippen LogP contribution in [0.5, 0.6) is 0 Å². The fourth-order valence-electron chi connectivity index (χ4n) is 2.43. The van der Waals surface area contributed by atoms with Gasteiger partial charge in [0.2, 0.25) is 0 Å². The van der Waals surface area contributed by atoms with Crippen LogP contribution in [0.4, 0.5) is 0 Å². The number of benzene rings is 1. The minimum atomic E-state index is -0.257. The predicted molar refractivity (Wildman–Crippen MR) is 88.9 cm³/mol. The fourth-order valence-corrected chi connectivity index (χ4v) is 2.43. The van der Waals surface area contributed by atoms with Gasteiger partial charge in [-0.25, -0.2) is 4.79 Å². The quantitative estimate of drug-likeness (QED) is 0.467. The molecule has 1 aromatic carbocycles. The van der Waals surface area contributed by atoms with Crippen LogP contribution in [0.25, 0.3) is 6.08 Å². The second-order valence-electron chi connectivity index (χ2n) is 5.96. The summed E-state index contributed by atoms with van der Waals surface area (Å²) in [6, 6.07) is 9.77. The Bertz CT molecular complexity index is 422. The van der Waals surface area contributed by atoms with Gasteiger partial charge in [-0.15, -0.1) is 0 Å². The number of hydrogen-bond donors (Lipinski definition) is 0. The third-order valence-corrected chi connectivity index (χ3v) is 3.58. The molecule has 0 aliphatic rings. The van der Waals surface area contributed by atoms with Crippen LogP contribution in [0, 0.1) is 11.8 Å². The zero-order valence-electron chi connectivity index (χ0n) is 13.5. The van der Waals surface area contributed by atoms with E-state index in [1.807, 2.05) is 30.3 Å². The van der Waals surface area contributed by atoms with Gasteiger partial charge in [0.1, 0.15) is 0 Å². The van der Waals surface area contributed by atoms with E-state index in [0.29, 0.717) is 18.4 Å². The number of unbranched alkanes of at least 4 members (excludes halogenated alkanes) is 1. The Kier molecular flexibility index (Phi) is 8.49. The maximum atomic E-state index is 11.7. The lowest BCUT2D eigenvalue weighted by Crippen LogP contribution is -2.13. The standard InChI is InChI=1S/C19H28O2/c1-4-5-9-16(2)14-17(3)15-21-19(20)13-12-18-10-7-6-8-11-18/h6-8,10-13,16-17H,4-5,9,14-15H2,1-3H3. The lowest BCUT2D eigenvalue weighted by Gasteiger charge is -2.16. The van der Waals surface area contributed by atoms with Gasteiger partial charge in [0, 0.05) is 6.08 Å². The molecule has 1 rings (SSSR count). The van der Waals surface area contributed by atoms with Crippen molar-refractivity contribution in [3.8, 4) is 0 Å². The molecular formula is C19H28O2. The molecule has 0 fully saturated rings. The van der Waals surface area contributed by atoms with Crippen molar-refractivity contribution in [3.63, 3.8) is 0 Å². The topological polar surface area (TPSA) is 26.3 Å². The van der Waals surface area contributed by atoms with Gasteiger partial charge in [-0.3, -0.25) is 0 Å². The van der Waals surface area contributed by atoms with Crippen molar-refractivity contribution in [2.75, 3.05) is 6.61 Å². The summed E-state index contributed by atoms with van der Waals surface area (Å²) >= 11 is 0. The molecule has 1 aromatic rings. The van der Waals surface area contributed by atoms with E-state index in [4.69, 9.17) is 4.74 Å². The van der Waals surface area contributed by atoms with Crippen LogP contribution in [-0.2, 0) is 9.53 Å². The molecule has 0 amide bonds. The first-order valence-corrected chi connectivity index (χ1v) is 8.01. The number of hydrogen-bond acceptors (Lipinski definition) is 2. The molecule has 0 heterocycles. The third kappa shape index (κ3) is 8.34. The van der Waals surface area contributed by atoms with E-state index >= 15 is 0 Å². The Morgan fingerprint density at radius 3 is 2.57 bits per heavy atom. The summed E-state index contributed by atoms with van der Waals surface area (Å²) < 4.78 is 5.31. The summed E-state index contributed by atoms with van der Waals surface area (Å²) in [5, 5.41) is 0. The van der Waals surface area contributed by atoms with Crippen LogP contribution in [0.15, 0.2) is 36.4 Å². The zero-order valence-corrected chi connectivity index (χ0v) is 13.5. The van der Waals surface area contributed by atoms with Gasteiger partial charge in [0.15, 0.2) is 0 Å². The summed E-state index contributed by atoms with van der Waals surface area (Å²) in [6.07, 6.45) is 8.21. The maximum Gasteiger partial charge on any atom is 0.330 e. The van der Waals surface area contributed by atoms with Crippen LogP contribution in [0.1, 0.15) is 52.0 Å². The molecule has 0 aliphatic heterocycles. The molecular weight excluding hydrogens is 260 g/mol. The maximum absolute atomic E-state index is 11.7. The molecule has 2 unspecified atom stereocenters. The van der Waals surface area contributed by atoms with Crippen LogP contribution in [0.3, 0.4) is 0 Å².